The minimum atomic E-state index is -0.582. The molecule has 0 aliphatic carbocycles. The molecule has 0 saturated carbocycles. The van der Waals surface area contributed by atoms with Crippen LogP contribution in [0.25, 0.3) is 0 Å². The zero-order valence-corrected chi connectivity index (χ0v) is 9.29. The van der Waals surface area contributed by atoms with Gasteiger partial charge >= 0.3 is 0 Å². The van der Waals surface area contributed by atoms with Crippen molar-refractivity contribution in [3.63, 3.8) is 0 Å². The highest BCUT2D eigenvalue weighted by Crippen LogP contribution is 2.02. The lowest BCUT2D eigenvalue weighted by Gasteiger charge is -2.09. The molecule has 0 fully saturated rings. The van der Waals surface area contributed by atoms with E-state index in [0.29, 0.717) is 13.0 Å². The van der Waals surface area contributed by atoms with Crippen molar-refractivity contribution in [3.8, 4) is 0 Å². The Kier molecular flexibility index (Phi) is 7.62. The van der Waals surface area contributed by atoms with Crippen LogP contribution < -0.4 is 16.8 Å². The molecule has 0 spiro atoms. The molecule has 0 rings (SSSR count). The zero-order valence-electron chi connectivity index (χ0n) is 9.29. The van der Waals surface area contributed by atoms with Gasteiger partial charge in [-0.25, -0.2) is 0 Å². The summed E-state index contributed by atoms with van der Waals surface area (Å²) in [5, 5.41) is 2.53. The fourth-order valence-electron chi connectivity index (χ4n) is 1.17. The Morgan fingerprint density at radius 1 is 1.20 bits per heavy atom. The highest BCUT2D eigenvalue weighted by Gasteiger charge is 2.11. The smallest absolute Gasteiger partial charge is 0.239 e. The SMILES string of the molecule is CC(NC(=O)CCCCCCN)C(N)=O. The molecular weight excluding hydrogens is 194 g/mol. The van der Waals surface area contributed by atoms with E-state index < -0.39 is 11.9 Å². The molecule has 0 aromatic heterocycles. The quantitative estimate of drug-likeness (QED) is 0.492. The maximum Gasteiger partial charge on any atom is 0.239 e. The third kappa shape index (κ3) is 7.93. The average Bonchev–Trinajstić information content (AvgIpc) is 2.17. The molecule has 5 N–H and O–H groups in total. The first-order valence-electron chi connectivity index (χ1n) is 5.36. The molecule has 1 unspecified atom stereocenters. The van der Waals surface area contributed by atoms with Crippen LogP contribution in [-0.2, 0) is 9.59 Å². The fourth-order valence-corrected chi connectivity index (χ4v) is 1.17. The van der Waals surface area contributed by atoms with Crippen LogP contribution in [0.3, 0.4) is 0 Å². The Morgan fingerprint density at radius 2 is 1.80 bits per heavy atom. The fraction of sp³-hybridized carbons (Fsp3) is 0.800. The molecule has 0 saturated heterocycles. The van der Waals surface area contributed by atoms with E-state index in [1.165, 1.54) is 0 Å². The molecule has 2 amide bonds. The summed E-state index contributed by atoms with van der Waals surface area (Å²) < 4.78 is 0. The molecule has 1 atom stereocenters. The van der Waals surface area contributed by atoms with Crippen LogP contribution in [0.4, 0.5) is 0 Å². The number of carbonyl (C=O) groups excluding carboxylic acids is 2. The van der Waals surface area contributed by atoms with Gasteiger partial charge in [0.25, 0.3) is 0 Å². The Hall–Kier alpha value is -1.10. The summed E-state index contributed by atoms with van der Waals surface area (Å²) in [4.78, 5) is 21.9. The minimum Gasteiger partial charge on any atom is -0.368 e. The van der Waals surface area contributed by atoms with E-state index in [2.05, 4.69) is 5.32 Å². The van der Waals surface area contributed by atoms with Crippen molar-refractivity contribution in [2.75, 3.05) is 6.54 Å². The van der Waals surface area contributed by atoms with Gasteiger partial charge in [0.1, 0.15) is 6.04 Å². The summed E-state index contributed by atoms with van der Waals surface area (Å²) in [6.07, 6.45) is 4.32. The van der Waals surface area contributed by atoms with Crippen LogP contribution in [0.15, 0.2) is 0 Å². The van der Waals surface area contributed by atoms with Gasteiger partial charge in [0.15, 0.2) is 0 Å². The van der Waals surface area contributed by atoms with Crippen LogP contribution in [0.1, 0.15) is 39.0 Å². The number of nitrogens with one attached hydrogen (secondary N) is 1. The number of unbranched alkanes of at least 4 members (excludes halogenated alkanes) is 3. The van der Waals surface area contributed by atoms with E-state index in [4.69, 9.17) is 11.5 Å². The Labute approximate surface area is 90.6 Å². The normalized spacial score (nSPS) is 12.1. The highest BCUT2D eigenvalue weighted by molar-refractivity contribution is 5.86. The lowest BCUT2D eigenvalue weighted by Crippen LogP contribution is -2.42. The third-order valence-electron chi connectivity index (χ3n) is 2.16. The highest BCUT2D eigenvalue weighted by atomic mass is 16.2. The maximum absolute atomic E-state index is 11.2. The lowest BCUT2D eigenvalue weighted by atomic mass is 10.1. The van der Waals surface area contributed by atoms with Crippen molar-refractivity contribution in [1.82, 2.24) is 5.32 Å². The van der Waals surface area contributed by atoms with Crippen LogP contribution in [0.2, 0.25) is 0 Å². The Bertz CT molecular complexity index is 207. The van der Waals surface area contributed by atoms with E-state index in [0.717, 1.165) is 25.7 Å². The molecule has 0 bridgehead atoms. The molecule has 5 nitrogen and oxygen atoms in total. The lowest BCUT2D eigenvalue weighted by molar-refractivity contribution is -0.127. The summed E-state index contributed by atoms with van der Waals surface area (Å²) in [6.45, 7) is 2.28. The predicted molar refractivity (Wildman–Crippen MR) is 58.9 cm³/mol. The molecule has 0 aliphatic rings. The van der Waals surface area contributed by atoms with Gasteiger partial charge in [0.05, 0.1) is 0 Å². The van der Waals surface area contributed by atoms with Crippen molar-refractivity contribution < 1.29 is 9.59 Å². The van der Waals surface area contributed by atoms with Gasteiger partial charge in [-0.05, 0) is 26.3 Å². The first kappa shape index (κ1) is 13.9. The first-order chi connectivity index (χ1) is 7.07. The molecule has 0 heterocycles. The van der Waals surface area contributed by atoms with E-state index in [9.17, 15) is 9.59 Å². The van der Waals surface area contributed by atoms with Gasteiger partial charge in [0.2, 0.25) is 11.8 Å². The molecule has 0 aromatic rings. The summed E-state index contributed by atoms with van der Waals surface area (Å²) >= 11 is 0. The molecule has 5 heteroatoms. The van der Waals surface area contributed by atoms with Gasteiger partial charge in [-0.3, -0.25) is 9.59 Å². The molecule has 88 valence electrons. The minimum absolute atomic E-state index is 0.117. The molecule has 0 radical (unpaired) electrons. The van der Waals surface area contributed by atoms with E-state index in [1.54, 1.807) is 6.92 Å². The van der Waals surface area contributed by atoms with E-state index >= 15 is 0 Å². The number of hydrogen-bond donors (Lipinski definition) is 3. The number of primary amides is 1. The predicted octanol–water partition coefficient (Wildman–Crippen LogP) is -0.114. The summed E-state index contributed by atoms with van der Waals surface area (Å²) in [5.41, 5.74) is 10.4. The third-order valence-corrected chi connectivity index (χ3v) is 2.16. The van der Waals surface area contributed by atoms with E-state index in [-0.39, 0.29) is 5.91 Å². The van der Waals surface area contributed by atoms with E-state index in [1.807, 2.05) is 0 Å². The number of nitrogens with two attached hydrogens (primary N) is 2. The second kappa shape index (κ2) is 8.23. The average molecular weight is 215 g/mol. The van der Waals surface area contributed by atoms with Gasteiger partial charge in [0, 0.05) is 6.42 Å². The first-order valence-corrected chi connectivity index (χ1v) is 5.36. The zero-order chi connectivity index (χ0) is 11.7. The largest absolute Gasteiger partial charge is 0.368 e. The topological polar surface area (TPSA) is 98.2 Å². The molecule has 15 heavy (non-hydrogen) atoms. The second-order valence-corrected chi connectivity index (χ2v) is 3.64. The van der Waals surface area contributed by atoms with Crippen LogP contribution >= 0.6 is 0 Å². The van der Waals surface area contributed by atoms with Gasteiger partial charge < -0.3 is 16.8 Å². The van der Waals surface area contributed by atoms with Crippen molar-refractivity contribution in [1.29, 1.82) is 0 Å². The molecule has 0 aliphatic heterocycles. The number of hydrogen-bond acceptors (Lipinski definition) is 3. The van der Waals surface area contributed by atoms with Crippen molar-refractivity contribution in [2.24, 2.45) is 11.5 Å². The van der Waals surface area contributed by atoms with Crippen molar-refractivity contribution in [3.05, 3.63) is 0 Å². The van der Waals surface area contributed by atoms with Crippen molar-refractivity contribution in [2.45, 2.75) is 45.1 Å². The maximum atomic E-state index is 11.2. The monoisotopic (exact) mass is 215 g/mol. The Morgan fingerprint density at radius 3 is 2.33 bits per heavy atom. The standard InChI is InChI=1S/C10H21N3O2/c1-8(10(12)15)13-9(14)6-4-2-3-5-7-11/h8H,2-7,11H2,1H3,(H2,12,15)(H,13,14). The number of carbonyl (C=O) groups is 2. The van der Waals surface area contributed by atoms with Gasteiger partial charge in [-0.1, -0.05) is 12.8 Å². The van der Waals surface area contributed by atoms with Crippen molar-refractivity contribution >= 4 is 11.8 Å². The van der Waals surface area contributed by atoms with Crippen LogP contribution in [0, 0.1) is 0 Å². The molecular formula is C10H21N3O2. The van der Waals surface area contributed by atoms with Gasteiger partial charge in [-0.15, -0.1) is 0 Å². The van der Waals surface area contributed by atoms with Crippen LogP contribution in [0.5, 0.6) is 0 Å². The summed E-state index contributed by atoms with van der Waals surface area (Å²) in [5.74, 6) is -0.625. The number of rotatable bonds is 8. The Balaban J connectivity index is 3.45. The molecule has 0 aromatic carbocycles. The summed E-state index contributed by atoms with van der Waals surface area (Å²) in [7, 11) is 0. The number of amides is 2. The second-order valence-electron chi connectivity index (χ2n) is 3.64. The van der Waals surface area contributed by atoms with Crippen LogP contribution in [-0.4, -0.2) is 24.4 Å². The van der Waals surface area contributed by atoms with Gasteiger partial charge in [-0.2, -0.15) is 0 Å². The summed E-state index contributed by atoms with van der Waals surface area (Å²) in [6, 6.07) is -0.582.